The highest BCUT2D eigenvalue weighted by atomic mass is 15.0. The van der Waals surface area contributed by atoms with Crippen LogP contribution in [0.25, 0.3) is 0 Å². The molecule has 0 aliphatic carbocycles. The van der Waals surface area contributed by atoms with Crippen molar-refractivity contribution < 1.29 is 0 Å². The smallest absolute Gasteiger partial charge is 0.177 e. The van der Waals surface area contributed by atoms with E-state index in [1.165, 1.54) is 0 Å². The fourth-order valence-electron chi connectivity index (χ4n) is 1.54. The van der Waals surface area contributed by atoms with Crippen molar-refractivity contribution in [1.82, 2.24) is 0 Å². The van der Waals surface area contributed by atoms with Gasteiger partial charge in [-0.3, -0.25) is 0 Å². The van der Waals surface area contributed by atoms with E-state index in [9.17, 15) is 10.5 Å². The average Bonchev–Trinajstić information content (AvgIpc) is 2.04. The molecule has 4 heteroatoms. The topological polar surface area (TPSA) is 99.6 Å². The Balaban J connectivity index is 5.72. The van der Waals surface area contributed by atoms with Gasteiger partial charge in [0.25, 0.3) is 0 Å². The van der Waals surface area contributed by atoms with Crippen molar-refractivity contribution in [2.24, 2.45) is 28.2 Å². The van der Waals surface area contributed by atoms with Crippen LogP contribution >= 0.6 is 0 Å². The molecule has 4 N–H and O–H groups in total. The summed E-state index contributed by atoms with van der Waals surface area (Å²) in [6.07, 6.45) is 0. The monoisotopic (exact) mass is 208 g/mol. The normalized spacial score (nSPS) is 13.5. The summed E-state index contributed by atoms with van der Waals surface area (Å²) in [7, 11) is 0. The van der Waals surface area contributed by atoms with Crippen LogP contribution in [0.4, 0.5) is 0 Å². The SMILES string of the molecule is CC(C)C(C#N)(C#N)C(N)(N)C(C)(C)C. The first-order valence-electron chi connectivity index (χ1n) is 4.97. The predicted molar refractivity (Wildman–Crippen MR) is 59.1 cm³/mol. The van der Waals surface area contributed by atoms with E-state index in [1.54, 1.807) is 13.8 Å². The predicted octanol–water partition coefficient (Wildman–Crippen LogP) is 1.34. The van der Waals surface area contributed by atoms with E-state index in [0.29, 0.717) is 0 Å². The summed E-state index contributed by atoms with van der Waals surface area (Å²) in [6.45, 7) is 9.07. The highest BCUT2D eigenvalue weighted by Crippen LogP contribution is 2.42. The van der Waals surface area contributed by atoms with E-state index >= 15 is 0 Å². The molecule has 4 nitrogen and oxygen atoms in total. The Morgan fingerprint density at radius 3 is 1.40 bits per heavy atom. The fraction of sp³-hybridized carbons (Fsp3) is 0.818. The Labute approximate surface area is 91.9 Å². The van der Waals surface area contributed by atoms with E-state index in [1.807, 2.05) is 32.9 Å². The average molecular weight is 208 g/mol. The van der Waals surface area contributed by atoms with Crippen LogP contribution in [-0.2, 0) is 0 Å². The fourth-order valence-corrected chi connectivity index (χ4v) is 1.54. The number of nitrogens with zero attached hydrogens (tertiary/aromatic N) is 2. The Hall–Kier alpha value is -1.10. The molecule has 0 saturated heterocycles. The van der Waals surface area contributed by atoms with E-state index in [0.717, 1.165) is 0 Å². The van der Waals surface area contributed by atoms with Crippen molar-refractivity contribution >= 4 is 0 Å². The van der Waals surface area contributed by atoms with Crippen LogP contribution in [0.3, 0.4) is 0 Å². The van der Waals surface area contributed by atoms with Gasteiger partial charge in [-0.05, 0) is 11.3 Å². The van der Waals surface area contributed by atoms with Gasteiger partial charge in [0.15, 0.2) is 5.41 Å². The van der Waals surface area contributed by atoms with Gasteiger partial charge in [-0.25, -0.2) is 0 Å². The molecule has 0 aliphatic heterocycles. The lowest BCUT2D eigenvalue weighted by molar-refractivity contribution is 0.0721. The molecular weight excluding hydrogens is 188 g/mol. The molecule has 0 aromatic rings. The van der Waals surface area contributed by atoms with Crippen LogP contribution in [0.2, 0.25) is 0 Å². The molecule has 0 heterocycles. The summed E-state index contributed by atoms with van der Waals surface area (Å²) in [6, 6.07) is 4.00. The first-order valence-corrected chi connectivity index (χ1v) is 4.97. The van der Waals surface area contributed by atoms with Gasteiger partial charge in [-0.15, -0.1) is 0 Å². The number of nitriles is 2. The minimum Gasteiger partial charge on any atom is -0.311 e. The van der Waals surface area contributed by atoms with E-state index in [2.05, 4.69) is 0 Å². The van der Waals surface area contributed by atoms with Crippen LogP contribution in [0.1, 0.15) is 34.6 Å². The summed E-state index contributed by atoms with van der Waals surface area (Å²) in [5.41, 5.74) is 8.81. The molecule has 15 heavy (non-hydrogen) atoms. The summed E-state index contributed by atoms with van der Waals surface area (Å²) in [5.74, 6) is -0.221. The number of hydrogen-bond donors (Lipinski definition) is 2. The minimum absolute atomic E-state index is 0.221. The molecule has 0 saturated carbocycles. The summed E-state index contributed by atoms with van der Waals surface area (Å²) < 4.78 is 0. The molecule has 0 bridgehead atoms. The summed E-state index contributed by atoms with van der Waals surface area (Å²) >= 11 is 0. The molecule has 84 valence electrons. The van der Waals surface area contributed by atoms with Crippen LogP contribution < -0.4 is 11.5 Å². The zero-order valence-corrected chi connectivity index (χ0v) is 10.1. The molecule has 0 aromatic heterocycles. The Morgan fingerprint density at radius 2 is 1.33 bits per heavy atom. The lowest BCUT2D eigenvalue weighted by Gasteiger charge is -2.47. The molecule has 0 atom stereocenters. The van der Waals surface area contributed by atoms with E-state index < -0.39 is 16.5 Å². The summed E-state index contributed by atoms with van der Waals surface area (Å²) in [4.78, 5) is 0. The number of nitrogens with two attached hydrogens (primary N) is 2. The first kappa shape index (κ1) is 13.9. The first-order chi connectivity index (χ1) is 6.56. The lowest BCUT2D eigenvalue weighted by atomic mass is 9.61. The molecule has 0 rings (SSSR count). The van der Waals surface area contributed by atoms with Gasteiger partial charge in [-0.2, -0.15) is 10.5 Å². The molecule has 0 aliphatic rings. The van der Waals surface area contributed by atoms with Crippen molar-refractivity contribution in [1.29, 1.82) is 10.5 Å². The lowest BCUT2D eigenvalue weighted by Crippen LogP contribution is -2.70. The third kappa shape index (κ3) is 1.84. The second kappa shape index (κ2) is 3.81. The third-order valence-corrected chi connectivity index (χ3v) is 3.11. The highest BCUT2D eigenvalue weighted by molar-refractivity contribution is 5.26. The maximum atomic E-state index is 9.21. The van der Waals surface area contributed by atoms with Crippen molar-refractivity contribution in [3.63, 3.8) is 0 Å². The number of hydrogen-bond acceptors (Lipinski definition) is 4. The summed E-state index contributed by atoms with van der Waals surface area (Å²) in [5, 5.41) is 18.4. The number of rotatable bonds is 2. The van der Waals surface area contributed by atoms with Crippen LogP contribution in [0, 0.1) is 39.4 Å². The maximum Gasteiger partial charge on any atom is 0.177 e. The van der Waals surface area contributed by atoms with E-state index in [4.69, 9.17) is 11.5 Å². The Kier molecular flexibility index (Phi) is 3.53. The van der Waals surface area contributed by atoms with Crippen molar-refractivity contribution in [3.8, 4) is 12.1 Å². The molecule has 0 aromatic carbocycles. The van der Waals surface area contributed by atoms with Crippen molar-refractivity contribution in [2.45, 2.75) is 40.3 Å². The van der Waals surface area contributed by atoms with Gasteiger partial charge in [-0.1, -0.05) is 34.6 Å². The zero-order chi connectivity index (χ0) is 12.5. The maximum absolute atomic E-state index is 9.21. The third-order valence-electron chi connectivity index (χ3n) is 3.11. The van der Waals surface area contributed by atoms with Crippen LogP contribution in [0.5, 0.6) is 0 Å². The van der Waals surface area contributed by atoms with Gasteiger partial charge in [0, 0.05) is 0 Å². The molecule has 0 spiro atoms. The van der Waals surface area contributed by atoms with E-state index in [-0.39, 0.29) is 5.92 Å². The second-order valence-corrected chi connectivity index (χ2v) is 5.31. The Morgan fingerprint density at radius 1 is 1.00 bits per heavy atom. The molecule has 0 radical (unpaired) electrons. The zero-order valence-electron chi connectivity index (χ0n) is 10.1. The standard InChI is InChI=1S/C11H20N4/c1-8(2)10(6-12,7-13)11(14,15)9(3,4)5/h8H,14-15H2,1-5H3. The van der Waals surface area contributed by atoms with Gasteiger partial charge in [0.1, 0.15) is 5.66 Å². The van der Waals surface area contributed by atoms with Crippen molar-refractivity contribution in [3.05, 3.63) is 0 Å². The molecular formula is C11H20N4. The van der Waals surface area contributed by atoms with Crippen molar-refractivity contribution in [2.75, 3.05) is 0 Å². The quantitative estimate of drug-likeness (QED) is 0.669. The van der Waals surface area contributed by atoms with Gasteiger partial charge in [0.05, 0.1) is 12.1 Å². The molecule has 0 amide bonds. The van der Waals surface area contributed by atoms with Gasteiger partial charge < -0.3 is 11.5 Å². The minimum atomic E-state index is -1.37. The van der Waals surface area contributed by atoms with Crippen LogP contribution in [-0.4, -0.2) is 5.66 Å². The Bertz CT molecular complexity index is 295. The second-order valence-electron chi connectivity index (χ2n) is 5.31. The molecule has 0 fully saturated rings. The molecule has 0 unspecified atom stereocenters. The largest absolute Gasteiger partial charge is 0.311 e. The van der Waals surface area contributed by atoms with Crippen LogP contribution in [0.15, 0.2) is 0 Å². The van der Waals surface area contributed by atoms with Gasteiger partial charge >= 0.3 is 0 Å². The highest BCUT2D eigenvalue weighted by Gasteiger charge is 2.56. The van der Waals surface area contributed by atoms with Gasteiger partial charge in [0.2, 0.25) is 0 Å².